The van der Waals surface area contributed by atoms with Crippen molar-refractivity contribution in [2.75, 3.05) is 13.7 Å². The normalized spacial score (nSPS) is 24.2. The molecule has 2 unspecified atom stereocenters. The molecule has 5 heteroatoms. The van der Waals surface area contributed by atoms with Crippen LogP contribution in [0.3, 0.4) is 0 Å². The molecule has 1 fully saturated rings. The summed E-state index contributed by atoms with van der Waals surface area (Å²) in [7, 11) is 1.67. The van der Waals surface area contributed by atoms with E-state index in [1.165, 1.54) is 0 Å². The fraction of sp³-hybridized carbons (Fsp3) is 0.867. The van der Waals surface area contributed by atoms with Gasteiger partial charge in [0.1, 0.15) is 12.1 Å². The smallest absolute Gasteiger partial charge is 0.246 e. The predicted molar refractivity (Wildman–Crippen MR) is 78.3 cm³/mol. The van der Waals surface area contributed by atoms with Crippen LogP contribution in [0, 0.1) is 5.92 Å². The van der Waals surface area contributed by atoms with Gasteiger partial charge in [0.25, 0.3) is 0 Å². The van der Waals surface area contributed by atoms with E-state index in [2.05, 4.69) is 5.32 Å². The van der Waals surface area contributed by atoms with Crippen molar-refractivity contribution in [3.63, 3.8) is 0 Å². The van der Waals surface area contributed by atoms with E-state index in [-0.39, 0.29) is 29.4 Å². The van der Waals surface area contributed by atoms with Crippen molar-refractivity contribution in [1.29, 1.82) is 0 Å². The summed E-state index contributed by atoms with van der Waals surface area (Å²) in [5.74, 6) is 0.0848. The Balaban J connectivity index is 2.86. The van der Waals surface area contributed by atoms with Gasteiger partial charge in [0.2, 0.25) is 11.8 Å². The molecular weight excluding hydrogens is 256 g/mol. The van der Waals surface area contributed by atoms with E-state index in [0.717, 1.165) is 0 Å². The number of hydrogen-bond donors (Lipinski definition) is 1. The van der Waals surface area contributed by atoms with Gasteiger partial charge in [-0.15, -0.1) is 0 Å². The maximum atomic E-state index is 12.6. The Morgan fingerprint density at radius 3 is 2.40 bits per heavy atom. The van der Waals surface area contributed by atoms with Gasteiger partial charge in [0.15, 0.2) is 0 Å². The molecule has 1 heterocycles. The zero-order valence-electron chi connectivity index (χ0n) is 13.5. The molecule has 0 aromatic carbocycles. The second-order valence-electron chi connectivity index (χ2n) is 6.40. The van der Waals surface area contributed by atoms with Crippen molar-refractivity contribution in [3.8, 4) is 0 Å². The first-order valence-electron chi connectivity index (χ1n) is 7.39. The number of carbonyl (C=O) groups excluding carboxylic acids is 2. The predicted octanol–water partition coefficient (Wildman–Crippen LogP) is 1.56. The Labute approximate surface area is 122 Å². The molecule has 2 amide bonds. The molecule has 20 heavy (non-hydrogen) atoms. The molecule has 1 rings (SSSR count). The molecule has 0 bridgehead atoms. The number of carbonyl (C=O) groups is 2. The van der Waals surface area contributed by atoms with Crippen molar-refractivity contribution in [2.24, 2.45) is 5.92 Å². The zero-order chi connectivity index (χ0) is 15.5. The number of nitrogens with zero attached hydrogens (tertiary/aromatic N) is 1. The molecule has 2 atom stereocenters. The second kappa shape index (κ2) is 6.57. The van der Waals surface area contributed by atoms with Gasteiger partial charge in [0, 0.05) is 13.7 Å². The van der Waals surface area contributed by atoms with Gasteiger partial charge in [-0.05, 0) is 32.6 Å². The number of nitrogens with one attached hydrogen (secondary N) is 1. The highest BCUT2D eigenvalue weighted by molar-refractivity contribution is 5.97. The molecule has 1 N–H and O–H groups in total. The molecule has 0 saturated carbocycles. The van der Waals surface area contributed by atoms with E-state index in [9.17, 15) is 9.59 Å². The first kappa shape index (κ1) is 17.0. The standard InChI is InChI=1S/C15H28N2O3/c1-7-11-13(18)16-12(10(2)3)14(19)17(11)9-8-15(4,5)20-6/h10-12H,7-9H2,1-6H3,(H,16,18). The Bertz CT molecular complexity index is 366. The highest BCUT2D eigenvalue weighted by atomic mass is 16.5. The van der Waals surface area contributed by atoms with Crippen LogP contribution >= 0.6 is 0 Å². The lowest BCUT2D eigenvalue weighted by atomic mass is 9.95. The highest BCUT2D eigenvalue weighted by Gasteiger charge is 2.41. The lowest BCUT2D eigenvalue weighted by molar-refractivity contribution is -0.151. The number of methoxy groups -OCH3 is 1. The van der Waals surface area contributed by atoms with Gasteiger partial charge in [0.05, 0.1) is 5.60 Å². The van der Waals surface area contributed by atoms with Crippen LogP contribution in [0.15, 0.2) is 0 Å². The fourth-order valence-corrected chi connectivity index (χ4v) is 2.40. The molecule has 0 aromatic rings. The summed E-state index contributed by atoms with van der Waals surface area (Å²) in [4.78, 5) is 26.4. The number of ether oxygens (including phenoxy) is 1. The molecule has 1 saturated heterocycles. The third-order valence-corrected chi connectivity index (χ3v) is 4.09. The molecular formula is C15H28N2O3. The summed E-state index contributed by atoms with van der Waals surface area (Å²) in [5, 5.41) is 2.85. The largest absolute Gasteiger partial charge is 0.379 e. The van der Waals surface area contributed by atoms with Gasteiger partial charge in [-0.1, -0.05) is 20.8 Å². The average Bonchev–Trinajstić information content (AvgIpc) is 2.38. The third-order valence-electron chi connectivity index (χ3n) is 4.09. The van der Waals surface area contributed by atoms with Crippen LogP contribution < -0.4 is 5.32 Å². The van der Waals surface area contributed by atoms with E-state index in [0.29, 0.717) is 19.4 Å². The van der Waals surface area contributed by atoms with E-state index >= 15 is 0 Å². The van der Waals surface area contributed by atoms with Crippen LogP contribution in [-0.2, 0) is 14.3 Å². The van der Waals surface area contributed by atoms with Crippen molar-refractivity contribution < 1.29 is 14.3 Å². The molecule has 116 valence electrons. The SMILES string of the molecule is CCC1C(=O)NC(C(C)C)C(=O)N1CCC(C)(C)OC. The molecule has 0 aromatic heterocycles. The van der Waals surface area contributed by atoms with Crippen molar-refractivity contribution in [3.05, 3.63) is 0 Å². The Kier molecular flexibility index (Phi) is 5.57. The van der Waals surface area contributed by atoms with Crippen LogP contribution in [0.2, 0.25) is 0 Å². The summed E-state index contributed by atoms with van der Waals surface area (Å²) in [6.07, 6.45) is 1.35. The summed E-state index contributed by atoms with van der Waals surface area (Å²) in [6, 6.07) is -0.763. The summed E-state index contributed by atoms with van der Waals surface area (Å²) >= 11 is 0. The van der Waals surface area contributed by atoms with Crippen LogP contribution in [0.25, 0.3) is 0 Å². The lowest BCUT2D eigenvalue weighted by Crippen LogP contribution is -2.64. The molecule has 1 aliphatic rings. The van der Waals surface area contributed by atoms with Crippen molar-refractivity contribution in [1.82, 2.24) is 10.2 Å². The lowest BCUT2D eigenvalue weighted by Gasteiger charge is -2.41. The maximum Gasteiger partial charge on any atom is 0.246 e. The number of rotatable bonds is 6. The van der Waals surface area contributed by atoms with Gasteiger partial charge in [-0.3, -0.25) is 9.59 Å². The Morgan fingerprint density at radius 1 is 1.35 bits per heavy atom. The first-order chi connectivity index (χ1) is 9.23. The average molecular weight is 284 g/mol. The van der Waals surface area contributed by atoms with Gasteiger partial charge >= 0.3 is 0 Å². The number of piperazine rings is 1. The Morgan fingerprint density at radius 2 is 1.95 bits per heavy atom. The molecule has 0 aliphatic carbocycles. The first-order valence-corrected chi connectivity index (χ1v) is 7.39. The number of hydrogen-bond acceptors (Lipinski definition) is 3. The van der Waals surface area contributed by atoms with Crippen molar-refractivity contribution >= 4 is 11.8 Å². The maximum absolute atomic E-state index is 12.6. The zero-order valence-corrected chi connectivity index (χ0v) is 13.5. The van der Waals surface area contributed by atoms with Crippen LogP contribution in [0.4, 0.5) is 0 Å². The third kappa shape index (κ3) is 3.72. The molecule has 0 radical (unpaired) electrons. The van der Waals surface area contributed by atoms with E-state index in [1.54, 1.807) is 12.0 Å². The summed E-state index contributed by atoms with van der Waals surface area (Å²) in [5.41, 5.74) is -0.292. The minimum atomic E-state index is -0.407. The van der Waals surface area contributed by atoms with Gasteiger partial charge in [-0.25, -0.2) is 0 Å². The quantitative estimate of drug-likeness (QED) is 0.805. The highest BCUT2D eigenvalue weighted by Crippen LogP contribution is 2.21. The summed E-state index contributed by atoms with van der Waals surface area (Å²) in [6.45, 7) is 10.4. The topological polar surface area (TPSA) is 58.6 Å². The monoisotopic (exact) mass is 284 g/mol. The summed E-state index contributed by atoms with van der Waals surface area (Å²) < 4.78 is 5.40. The molecule has 1 aliphatic heterocycles. The van der Waals surface area contributed by atoms with E-state index in [4.69, 9.17) is 4.74 Å². The Hall–Kier alpha value is -1.10. The second-order valence-corrected chi connectivity index (χ2v) is 6.40. The minimum Gasteiger partial charge on any atom is -0.379 e. The van der Waals surface area contributed by atoms with Crippen molar-refractivity contribution in [2.45, 2.75) is 65.1 Å². The van der Waals surface area contributed by atoms with Crippen LogP contribution in [0.5, 0.6) is 0 Å². The van der Waals surface area contributed by atoms with Gasteiger partial charge in [-0.2, -0.15) is 0 Å². The van der Waals surface area contributed by atoms with Crippen LogP contribution in [0.1, 0.15) is 47.5 Å². The van der Waals surface area contributed by atoms with Gasteiger partial charge < -0.3 is 15.0 Å². The minimum absolute atomic E-state index is 0.0263. The van der Waals surface area contributed by atoms with Crippen LogP contribution in [-0.4, -0.2) is 48.1 Å². The van der Waals surface area contributed by atoms with E-state index < -0.39 is 6.04 Å². The molecule has 0 spiro atoms. The molecule has 5 nitrogen and oxygen atoms in total. The number of amides is 2. The fourth-order valence-electron chi connectivity index (χ4n) is 2.40. The van der Waals surface area contributed by atoms with E-state index in [1.807, 2.05) is 34.6 Å².